The van der Waals surface area contributed by atoms with Crippen molar-refractivity contribution in [2.24, 2.45) is 5.92 Å². The number of thiophene rings is 1. The molecule has 2 aromatic rings. The number of rotatable bonds is 3. The molecule has 2 aliphatic rings. The molecule has 0 radical (unpaired) electrons. The Kier molecular flexibility index (Phi) is 4.81. The fourth-order valence-electron chi connectivity index (χ4n) is 3.90. The third-order valence-corrected chi connectivity index (χ3v) is 6.57. The summed E-state index contributed by atoms with van der Waals surface area (Å²) >= 11 is 1.63. The van der Waals surface area contributed by atoms with Gasteiger partial charge in [-0.2, -0.15) is 0 Å². The first-order valence-electron chi connectivity index (χ1n) is 9.38. The molecule has 1 aliphatic carbocycles. The van der Waals surface area contributed by atoms with E-state index in [4.69, 9.17) is 0 Å². The summed E-state index contributed by atoms with van der Waals surface area (Å²) in [5.74, 6) is 0.231. The molecular formula is C21H24N2O2S. The molecule has 1 N–H and O–H groups in total. The van der Waals surface area contributed by atoms with E-state index >= 15 is 0 Å². The predicted octanol–water partition coefficient (Wildman–Crippen LogP) is 4.04. The molecule has 0 bridgehead atoms. The minimum Gasteiger partial charge on any atom is -0.338 e. The molecule has 1 saturated heterocycles. The van der Waals surface area contributed by atoms with Gasteiger partial charge in [0, 0.05) is 29.6 Å². The number of likely N-dealkylation sites (tertiary alicyclic amines) is 1. The van der Waals surface area contributed by atoms with Crippen LogP contribution >= 0.6 is 11.3 Å². The van der Waals surface area contributed by atoms with Gasteiger partial charge in [-0.15, -0.1) is 11.3 Å². The largest absolute Gasteiger partial charge is 0.338 e. The zero-order valence-corrected chi connectivity index (χ0v) is 15.9. The van der Waals surface area contributed by atoms with Crippen molar-refractivity contribution in [2.75, 3.05) is 18.4 Å². The van der Waals surface area contributed by atoms with Crippen LogP contribution in [0.25, 0.3) is 0 Å². The van der Waals surface area contributed by atoms with Crippen LogP contribution in [0.5, 0.6) is 0 Å². The Morgan fingerprint density at radius 2 is 2.00 bits per heavy atom. The second kappa shape index (κ2) is 7.23. The van der Waals surface area contributed by atoms with Crippen LogP contribution in [-0.2, 0) is 17.6 Å². The topological polar surface area (TPSA) is 49.4 Å². The van der Waals surface area contributed by atoms with E-state index in [9.17, 15) is 9.59 Å². The lowest BCUT2D eigenvalue weighted by Gasteiger charge is -2.21. The molecule has 0 unspecified atom stereocenters. The number of benzene rings is 1. The molecule has 0 saturated carbocycles. The number of anilines is 1. The Hall–Kier alpha value is -2.14. The Morgan fingerprint density at radius 1 is 1.19 bits per heavy atom. The van der Waals surface area contributed by atoms with E-state index in [2.05, 4.69) is 5.32 Å². The zero-order valence-electron chi connectivity index (χ0n) is 15.1. The maximum Gasteiger partial charge on any atom is 0.263 e. The number of nitrogens with zero attached hydrogens (tertiary/aromatic N) is 1. The Labute approximate surface area is 158 Å². The molecule has 136 valence electrons. The number of fused-ring (bicyclic) bond motifs is 1. The second-order valence-electron chi connectivity index (χ2n) is 7.36. The molecule has 4 nitrogen and oxygen atoms in total. The van der Waals surface area contributed by atoms with Crippen LogP contribution in [-0.4, -0.2) is 29.8 Å². The molecule has 1 aromatic carbocycles. The van der Waals surface area contributed by atoms with Crippen molar-refractivity contribution in [1.29, 1.82) is 0 Å². The molecular weight excluding hydrogens is 344 g/mol. The number of nitrogens with one attached hydrogen (secondary N) is 1. The molecule has 1 atom stereocenters. The van der Waals surface area contributed by atoms with E-state index in [1.54, 1.807) is 11.3 Å². The van der Waals surface area contributed by atoms with Gasteiger partial charge in [-0.25, -0.2) is 0 Å². The SMILES string of the molecule is Cc1cccc(NC(=O)[C@H]2CCc3sc(C(=O)N4CCCC4)cc3C2)c1. The van der Waals surface area contributed by atoms with Crippen LogP contribution in [0.4, 0.5) is 5.69 Å². The van der Waals surface area contributed by atoms with Crippen molar-refractivity contribution in [3.05, 3.63) is 51.2 Å². The van der Waals surface area contributed by atoms with Crippen molar-refractivity contribution >= 4 is 28.8 Å². The molecule has 1 aromatic heterocycles. The highest BCUT2D eigenvalue weighted by atomic mass is 32.1. The summed E-state index contributed by atoms with van der Waals surface area (Å²) < 4.78 is 0. The predicted molar refractivity (Wildman–Crippen MR) is 105 cm³/mol. The number of amides is 2. The Bertz CT molecular complexity index is 836. The van der Waals surface area contributed by atoms with Crippen LogP contribution in [0.1, 0.15) is 44.9 Å². The van der Waals surface area contributed by atoms with Gasteiger partial charge in [-0.05, 0) is 68.4 Å². The molecule has 0 spiro atoms. The number of hydrogen-bond acceptors (Lipinski definition) is 3. The number of aryl methyl sites for hydroxylation is 2. The first-order chi connectivity index (χ1) is 12.6. The summed E-state index contributed by atoms with van der Waals surface area (Å²) in [6, 6.07) is 9.93. The highest BCUT2D eigenvalue weighted by molar-refractivity contribution is 7.14. The molecule has 1 fully saturated rings. The molecule has 5 heteroatoms. The van der Waals surface area contributed by atoms with Crippen molar-refractivity contribution in [3.8, 4) is 0 Å². The monoisotopic (exact) mass is 368 g/mol. The van der Waals surface area contributed by atoms with E-state index in [-0.39, 0.29) is 17.7 Å². The van der Waals surface area contributed by atoms with E-state index in [0.717, 1.165) is 61.3 Å². The van der Waals surface area contributed by atoms with Crippen LogP contribution in [0.15, 0.2) is 30.3 Å². The van der Waals surface area contributed by atoms with E-state index < -0.39 is 0 Å². The van der Waals surface area contributed by atoms with Gasteiger partial charge in [0.25, 0.3) is 5.91 Å². The standard InChI is InChI=1S/C21H24N2O2S/c1-14-5-4-6-17(11-14)22-20(24)15-7-8-18-16(12-15)13-19(26-18)21(25)23-9-2-3-10-23/h4-6,11,13,15H,2-3,7-10,12H2,1H3,(H,22,24)/t15-/m0/s1. The summed E-state index contributed by atoms with van der Waals surface area (Å²) in [5.41, 5.74) is 3.18. The van der Waals surface area contributed by atoms with Gasteiger partial charge < -0.3 is 10.2 Å². The van der Waals surface area contributed by atoms with Gasteiger partial charge in [0.1, 0.15) is 0 Å². The van der Waals surface area contributed by atoms with Crippen molar-refractivity contribution < 1.29 is 9.59 Å². The molecule has 26 heavy (non-hydrogen) atoms. The third-order valence-electron chi connectivity index (χ3n) is 5.34. The van der Waals surface area contributed by atoms with Crippen molar-refractivity contribution in [2.45, 2.75) is 39.0 Å². The summed E-state index contributed by atoms with van der Waals surface area (Å²) in [5, 5.41) is 3.05. The summed E-state index contributed by atoms with van der Waals surface area (Å²) in [6.45, 7) is 3.78. The maximum absolute atomic E-state index is 12.7. The van der Waals surface area contributed by atoms with Crippen LogP contribution in [0, 0.1) is 12.8 Å². The van der Waals surface area contributed by atoms with E-state index in [1.807, 2.05) is 42.2 Å². The van der Waals surface area contributed by atoms with Crippen LogP contribution in [0.3, 0.4) is 0 Å². The fraction of sp³-hybridized carbons (Fsp3) is 0.429. The average molecular weight is 369 g/mol. The van der Waals surface area contributed by atoms with Gasteiger partial charge in [0.05, 0.1) is 4.88 Å². The fourth-order valence-corrected chi connectivity index (χ4v) is 5.07. The van der Waals surface area contributed by atoms with E-state index in [0.29, 0.717) is 0 Å². The van der Waals surface area contributed by atoms with Gasteiger partial charge >= 0.3 is 0 Å². The van der Waals surface area contributed by atoms with Gasteiger partial charge in [-0.1, -0.05) is 12.1 Å². The second-order valence-corrected chi connectivity index (χ2v) is 8.49. The lowest BCUT2D eigenvalue weighted by molar-refractivity contribution is -0.120. The first kappa shape index (κ1) is 17.3. The molecule has 4 rings (SSSR count). The lowest BCUT2D eigenvalue weighted by atomic mass is 9.87. The summed E-state index contributed by atoms with van der Waals surface area (Å²) in [4.78, 5) is 29.4. The third kappa shape index (κ3) is 3.54. The van der Waals surface area contributed by atoms with Gasteiger partial charge in [0.15, 0.2) is 0 Å². The molecule has 2 amide bonds. The zero-order chi connectivity index (χ0) is 18.1. The highest BCUT2D eigenvalue weighted by Crippen LogP contribution is 2.34. The Morgan fingerprint density at radius 3 is 2.77 bits per heavy atom. The normalized spacial score (nSPS) is 19.3. The van der Waals surface area contributed by atoms with Gasteiger partial charge in [-0.3, -0.25) is 9.59 Å². The maximum atomic E-state index is 12.7. The van der Waals surface area contributed by atoms with Crippen molar-refractivity contribution in [3.63, 3.8) is 0 Å². The number of carbonyl (C=O) groups is 2. The summed E-state index contributed by atoms with van der Waals surface area (Å²) in [7, 11) is 0. The van der Waals surface area contributed by atoms with Gasteiger partial charge in [0.2, 0.25) is 5.91 Å². The number of hydrogen-bond donors (Lipinski definition) is 1. The minimum absolute atomic E-state index is 0.0210. The van der Waals surface area contributed by atoms with Crippen LogP contribution in [0.2, 0.25) is 0 Å². The lowest BCUT2D eigenvalue weighted by Crippen LogP contribution is -2.27. The smallest absolute Gasteiger partial charge is 0.263 e. The average Bonchev–Trinajstić information content (AvgIpc) is 3.30. The van der Waals surface area contributed by atoms with Crippen LogP contribution < -0.4 is 5.32 Å². The molecule has 2 heterocycles. The van der Waals surface area contributed by atoms with E-state index in [1.165, 1.54) is 10.4 Å². The quantitative estimate of drug-likeness (QED) is 0.889. The Balaban J connectivity index is 1.44. The number of carbonyl (C=O) groups excluding carboxylic acids is 2. The van der Waals surface area contributed by atoms with Crippen molar-refractivity contribution in [1.82, 2.24) is 4.90 Å². The minimum atomic E-state index is -0.0210. The summed E-state index contributed by atoms with van der Waals surface area (Å²) in [6.07, 6.45) is 4.69. The molecule has 1 aliphatic heterocycles. The highest BCUT2D eigenvalue weighted by Gasteiger charge is 2.29. The first-order valence-corrected chi connectivity index (χ1v) is 10.2.